The topological polar surface area (TPSA) is 134 Å². The van der Waals surface area contributed by atoms with Gasteiger partial charge in [0.15, 0.2) is 0 Å². The lowest BCUT2D eigenvalue weighted by Gasteiger charge is -2.19. The molecule has 12 nitrogen and oxygen atoms in total. The van der Waals surface area contributed by atoms with Crippen LogP contribution in [-0.2, 0) is 57.0 Å². The third kappa shape index (κ3) is 22.1. The van der Waals surface area contributed by atoms with Crippen LogP contribution in [0.2, 0.25) is 0 Å². The van der Waals surface area contributed by atoms with Gasteiger partial charge in [-0.1, -0.05) is 18.2 Å². The first-order valence-electron chi connectivity index (χ1n) is 13.4. The van der Waals surface area contributed by atoms with Crippen molar-refractivity contribution in [3.8, 4) is 0 Å². The van der Waals surface area contributed by atoms with Crippen molar-refractivity contribution in [2.45, 2.75) is 37.7 Å². The minimum Gasteiger partial charge on any atom is -0.460 e. The second-order valence-corrected chi connectivity index (χ2v) is 10.8. The van der Waals surface area contributed by atoms with Gasteiger partial charge < -0.3 is 37.9 Å². The van der Waals surface area contributed by atoms with E-state index in [-0.39, 0.29) is 30.5 Å². The molecule has 0 aliphatic rings. The van der Waals surface area contributed by atoms with Crippen molar-refractivity contribution >= 4 is 16.1 Å². The van der Waals surface area contributed by atoms with E-state index >= 15 is 0 Å². The highest BCUT2D eigenvalue weighted by Crippen LogP contribution is 2.11. The summed E-state index contributed by atoms with van der Waals surface area (Å²) in [6, 6.07) is 7.96. The molecule has 0 N–H and O–H groups in total. The summed E-state index contributed by atoms with van der Waals surface area (Å²) in [6.07, 6.45) is 0.222. The van der Waals surface area contributed by atoms with Gasteiger partial charge >= 0.3 is 5.97 Å². The second-order valence-electron chi connectivity index (χ2n) is 9.21. The fourth-order valence-corrected chi connectivity index (χ4v) is 3.74. The lowest BCUT2D eigenvalue weighted by Crippen LogP contribution is -2.24. The molecule has 0 radical (unpaired) electrons. The van der Waals surface area contributed by atoms with Crippen molar-refractivity contribution in [2.75, 3.05) is 99.1 Å². The maximum absolute atomic E-state index is 11.9. The van der Waals surface area contributed by atoms with Crippen LogP contribution >= 0.6 is 0 Å². The Morgan fingerprint density at radius 1 is 0.575 bits per heavy atom. The van der Waals surface area contributed by atoms with Crippen molar-refractivity contribution in [1.29, 1.82) is 0 Å². The van der Waals surface area contributed by atoms with E-state index in [1.165, 1.54) is 12.1 Å². The summed E-state index contributed by atoms with van der Waals surface area (Å²) in [6.45, 7) is 11.0. The number of carbonyl (C=O) groups excluding carboxylic acids is 1. The SMILES string of the molecule is CC(C)(C)OC(=O)CCOCCOCCOCCOCCOCCOCCOCCOS(=O)(=O)c1ccccc1. The highest BCUT2D eigenvalue weighted by Gasteiger charge is 2.16. The highest BCUT2D eigenvalue weighted by molar-refractivity contribution is 7.86. The van der Waals surface area contributed by atoms with E-state index in [4.69, 9.17) is 42.1 Å². The predicted molar refractivity (Wildman–Crippen MR) is 146 cm³/mol. The molecule has 1 rings (SSSR count). The molecule has 1 aromatic rings. The minimum atomic E-state index is -3.76. The van der Waals surface area contributed by atoms with Gasteiger partial charge in [0.25, 0.3) is 10.1 Å². The summed E-state index contributed by atoms with van der Waals surface area (Å²) in [5.41, 5.74) is -0.480. The van der Waals surface area contributed by atoms with E-state index in [1.54, 1.807) is 18.2 Å². The van der Waals surface area contributed by atoms with Gasteiger partial charge in [-0.05, 0) is 32.9 Å². The Kier molecular flexibility index (Phi) is 20.8. The zero-order valence-electron chi connectivity index (χ0n) is 24.0. The third-order valence-corrected chi connectivity index (χ3v) is 5.93. The Balaban J connectivity index is 1.73. The Hall–Kier alpha value is -1.68. The molecule has 13 heteroatoms. The minimum absolute atomic E-state index is 0.0610. The van der Waals surface area contributed by atoms with E-state index in [0.29, 0.717) is 85.9 Å². The first kappa shape index (κ1) is 36.3. The van der Waals surface area contributed by atoms with Crippen molar-refractivity contribution in [3.05, 3.63) is 30.3 Å². The van der Waals surface area contributed by atoms with Crippen LogP contribution in [-0.4, -0.2) is 119 Å². The molecule has 0 bridgehead atoms. The molecule has 0 atom stereocenters. The maximum atomic E-state index is 11.9. The average molecular weight is 595 g/mol. The molecular weight excluding hydrogens is 548 g/mol. The first-order valence-corrected chi connectivity index (χ1v) is 14.8. The number of hydrogen-bond donors (Lipinski definition) is 0. The van der Waals surface area contributed by atoms with E-state index in [1.807, 2.05) is 20.8 Å². The van der Waals surface area contributed by atoms with Crippen LogP contribution in [0.15, 0.2) is 35.2 Å². The van der Waals surface area contributed by atoms with Gasteiger partial charge in [0.1, 0.15) is 5.60 Å². The number of benzene rings is 1. The van der Waals surface area contributed by atoms with Crippen LogP contribution in [0.3, 0.4) is 0 Å². The van der Waals surface area contributed by atoms with E-state index in [9.17, 15) is 13.2 Å². The van der Waals surface area contributed by atoms with Crippen LogP contribution in [0, 0.1) is 0 Å². The molecule has 0 spiro atoms. The molecule has 0 aliphatic carbocycles. The molecule has 0 heterocycles. The number of hydrogen-bond acceptors (Lipinski definition) is 12. The van der Waals surface area contributed by atoms with Crippen LogP contribution in [0.4, 0.5) is 0 Å². The van der Waals surface area contributed by atoms with E-state index in [2.05, 4.69) is 0 Å². The summed E-state index contributed by atoms with van der Waals surface area (Å²) in [4.78, 5) is 11.7. The van der Waals surface area contributed by atoms with Gasteiger partial charge in [-0.2, -0.15) is 8.42 Å². The summed E-state index contributed by atoms with van der Waals surface area (Å²) >= 11 is 0. The summed E-state index contributed by atoms with van der Waals surface area (Å²) < 4.78 is 71.7. The Labute approximate surface area is 238 Å². The highest BCUT2D eigenvalue weighted by atomic mass is 32.2. The van der Waals surface area contributed by atoms with Gasteiger partial charge in [0, 0.05) is 0 Å². The number of rotatable bonds is 26. The molecule has 0 amide bonds. The van der Waals surface area contributed by atoms with Gasteiger partial charge in [-0.15, -0.1) is 0 Å². The normalized spacial score (nSPS) is 12.1. The van der Waals surface area contributed by atoms with Crippen molar-refractivity contribution in [1.82, 2.24) is 0 Å². The quantitative estimate of drug-likeness (QED) is 0.0884. The summed E-state index contributed by atoms with van der Waals surface area (Å²) in [5.74, 6) is -0.274. The summed E-state index contributed by atoms with van der Waals surface area (Å²) in [5, 5.41) is 0. The number of esters is 1. The third-order valence-electron chi connectivity index (χ3n) is 4.60. The van der Waals surface area contributed by atoms with E-state index in [0.717, 1.165) is 0 Å². The molecule has 0 aromatic heterocycles. The van der Waals surface area contributed by atoms with Crippen LogP contribution in [0.25, 0.3) is 0 Å². The van der Waals surface area contributed by atoms with Gasteiger partial charge in [-0.3, -0.25) is 8.98 Å². The zero-order valence-corrected chi connectivity index (χ0v) is 24.8. The first-order chi connectivity index (χ1) is 19.2. The average Bonchev–Trinajstić information content (AvgIpc) is 2.90. The smallest absolute Gasteiger partial charge is 0.308 e. The molecule has 0 saturated heterocycles. The molecule has 1 aromatic carbocycles. The standard InChI is InChI=1S/C27H46O12S/c1-27(2,3)39-26(28)9-10-31-11-12-32-13-14-33-15-16-34-17-18-35-19-20-36-21-22-37-23-24-38-40(29,30)25-7-5-4-6-8-25/h4-8H,9-24H2,1-3H3. The molecular formula is C27H46O12S. The fourth-order valence-electron chi connectivity index (χ4n) is 2.83. The summed E-state index contributed by atoms with van der Waals surface area (Å²) in [7, 11) is -3.76. The monoisotopic (exact) mass is 594 g/mol. The molecule has 0 aliphatic heterocycles. The molecule has 0 unspecified atom stereocenters. The van der Waals surface area contributed by atoms with Gasteiger partial charge in [0.2, 0.25) is 0 Å². The molecule has 40 heavy (non-hydrogen) atoms. The van der Waals surface area contributed by atoms with E-state index < -0.39 is 15.7 Å². The Bertz CT molecular complexity index is 843. The van der Waals surface area contributed by atoms with Gasteiger partial charge in [-0.25, -0.2) is 0 Å². The maximum Gasteiger partial charge on any atom is 0.308 e. The number of ether oxygens (including phenoxy) is 8. The molecule has 0 fully saturated rings. The fraction of sp³-hybridized carbons (Fsp3) is 0.741. The Morgan fingerprint density at radius 3 is 1.30 bits per heavy atom. The predicted octanol–water partition coefficient (Wildman–Crippen LogP) is 2.24. The molecule has 0 saturated carbocycles. The second kappa shape index (κ2) is 22.9. The van der Waals surface area contributed by atoms with Crippen LogP contribution in [0.1, 0.15) is 27.2 Å². The van der Waals surface area contributed by atoms with Gasteiger partial charge in [0.05, 0.1) is 110 Å². The Morgan fingerprint density at radius 2 is 0.925 bits per heavy atom. The lowest BCUT2D eigenvalue weighted by molar-refractivity contribution is -0.156. The lowest BCUT2D eigenvalue weighted by atomic mass is 10.2. The van der Waals surface area contributed by atoms with Crippen molar-refractivity contribution in [2.24, 2.45) is 0 Å². The number of carbonyl (C=O) groups is 1. The largest absolute Gasteiger partial charge is 0.460 e. The van der Waals surface area contributed by atoms with Crippen LogP contribution < -0.4 is 0 Å². The van der Waals surface area contributed by atoms with Crippen LogP contribution in [0.5, 0.6) is 0 Å². The van der Waals surface area contributed by atoms with Crippen molar-refractivity contribution < 1.29 is 55.3 Å². The zero-order chi connectivity index (χ0) is 29.4. The molecule has 232 valence electrons. The van der Waals surface area contributed by atoms with Crippen molar-refractivity contribution in [3.63, 3.8) is 0 Å².